The highest BCUT2D eigenvalue weighted by Crippen LogP contribution is 2.27. The number of nitrogens with one attached hydrogen (secondary N) is 2. The zero-order chi connectivity index (χ0) is 15.6. The van der Waals surface area contributed by atoms with Gasteiger partial charge in [0.15, 0.2) is 0 Å². The zero-order valence-corrected chi connectivity index (χ0v) is 13.8. The van der Waals surface area contributed by atoms with Crippen molar-refractivity contribution < 1.29 is 13.2 Å². The number of aromatic amines is 1. The van der Waals surface area contributed by atoms with Crippen molar-refractivity contribution >= 4 is 10.0 Å². The van der Waals surface area contributed by atoms with E-state index >= 15 is 0 Å². The molecule has 21 heavy (non-hydrogen) atoms. The van der Waals surface area contributed by atoms with E-state index in [-0.39, 0.29) is 12.1 Å². The van der Waals surface area contributed by atoms with Gasteiger partial charge in [0.05, 0.1) is 24.1 Å². The van der Waals surface area contributed by atoms with Crippen molar-refractivity contribution in [2.45, 2.75) is 50.8 Å². The molecule has 1 aliphatic rings. The molecule has 0 radical (unpaired) electrons. The maximum Gasteiger partial charge on any atom is 0.247 e. The van der Waals surface area contributed by atoms with Gasteiger partial charge in [0.25, 0.3) is 0 Å². The highest BCUT2D eigenvalue weighted by molar-refractivity contribution is 7.89. The molecule has 1 aromatic rings. The molecule has 2 heterocycles. The molecule has 0 aliphatic carbocycles. The van der Waals surface area contributed by atoms with Gasteiger partial charge in [-0.1, -0.05) is 6.92 Å². The van der Waals surface area contributed by atoms with Crippen LogP contribution in [0.15, 0.2) is 4.90 Å². The van der Waals surface area contributed by atoms with Gasteiger partial charge < -0.3 is 10.1 Å². The number of sulfonamides is 1. The van der Waals surface area contributed by atoms with Crippen LogP contribution in [0.4, 0.5) is 0 Å². The van der Waals surface area contributed by atoms with E-state index in [0.717, 1.165) is 6.42 Å². The molecule has 0 amide bonds. The van der Waals surface area contributed by atoms with Crippen molar-refractivity contribution in [1.29, 1.82) is 0 Å². The molecule has 0 saturated carbocycles. The number of H-pyrrole nitrogens is 1. The van der Waals surface area contributed by atoms with E-state index in [0.29, 0.717) is 36.0 Å². The lowest BCUT2D eigenvalue weighted by Crippen LogP contribution is -2.51. The van der Waals surface area contributed by atoms with Gasteiger partial charge in [0, 0.05) is 19.1 Å². The van der Waals surface area contributed by atoms with E-state index in [1.165, 1.54) is 0 Å². The van der Waals surface area contributed by atoms with Gasteiger partial charge >= 0.3 is 0 Å². The molecule has 1 aromatic heterocycles. The lowest BCUT2D eigenvalue weighted by atomic mass is 10.2. The van der Waals surface area contributed by atoms with Gasteiger partial charge in [-0.2, -0.15) is 9.40 Å². The van der Waals surface area contributed by atoms with Crippen LogP contribution in [-0.4, -0.2) is 55.3 Å². The number of hydrogen-bond donors (Lipinski definition) is 2. The van der Waals surface area contributed by atoms with Crippen LogP contribution in [0.25, 0.3) is 0 Å². The summed E-state index contributed by atoms with van der Waals surface area (Å²) in [6, 6.07) is -0.122. The molecule has 2 atom stereocenters. The number of aromatic nitrogens is 2. The largest absolute Gasteiger partial charge is 0.375 e. The molecule has 0 aromatic carbocycles. The fourth-order valence-electron chi connectivity index (χ4n) is 2.65. The summed E-state index contributed by atoms with van der Waals surface area (Å²) in [5, 5.41) is 9.85. The van der Waals surface area contributed by atoms with Crippen LogP contribution in [0.1, 0.15) is 31.7 Å². The minimum absolute atomic E-state index is 0.0949. The summed E-state index contributed by atoms with van der Waals surface area (Å²) in [6.07, 6.45) is 0.632. The smallest absolute Gasteiger partial charge is 0.247 e. The van der Waals surface area contributed by atoms with Crippen LogP contribution in [0, 0.1) is 6.92 Å². The quantitative estimate of drug-likeness (QED) is 0.832. The van der Waals surface area contributed by atoms with Crippen LogP contribution in [0.5, 0.6) is 0 Å². The highest BCUT2D eigenvalue weighted by atomic mass is 32.2. The third kappa shape index (κ3) is 3.13. The lowest BCUT2D eigenvalue weighted by molar-refractivity contribution is -0.0230. The molecule has 1 aliphatic heterocycles. The van der Waals surface area contributed by atoms with E-state index in [4.69, 9.17) is 4.74 Å². The summed E-state index contributed by atoms with van der Waals surface area (Å²) in [5.41, 5.74) is 1.11. The van der Waals surface area contributed by atoms with Crippen molar-refractivity contribution in [3.8, 4) is 0 Å². The Morgan fingerprint density at radius 1 is 1.52 bits per heavy atom. The number of morpholine rings is 1. The van der Waals surface area contributed by atoms with Crippen LogP contribution in [0.3, 0.4) is 0 Å². The molecule has 120 valence electrons. The average Bonchev–Trinajstić information content (AvgIpc) is 2.81. The Bertz CT molecular complexity index is 584. The van der Waals surface area contributed by atoms with Crippen molar-refractivity contribution in [2.24, 2.45) is 0 Å². The van der Waals surface area contributed by atoms with E-state index in [1.807, 2.05) is 13.8 Å². The van der Waals surface area contributed by atoms with Crippen LogP contribution < -0.4 is 5.32 Å². The maximum absolute atomic E-state index is 13.1. The van der Waals surface area contributed by atoms with E-state index in [9.17, 15) is 8.42 Å². The average molecular weight is 316 g/mol. The predicted octanol–water partition coefficient (Wildman–Crippen LogP) is 0.626. The first-order valence-electron chi connectivity index (χ1n) is 7.23. The molecule has 8 heteroatoms. The van der Waals surface area contributed by atoms with Crippen LogP contribution >= 0.6 is 0 Å². The summed E-state index contributed by atoms with van der Waals surface area (Å²) in [4.78, 5) is 0.296. The van der Waals surface area contributed by atoms with Gasteiger partial charge in [-0.05, 0) is 27.3 Å². The Labute approximate surface area is 126 Å². The Balaban J connectivity index is 2.42. The number of hydrogen-bond acceptors (Lipinski definition) is 5. The monoisotopic (exact) mass is 316 g/mol. The Morgan fingerprint density at radius 2 is 2.24 bits per heavy atom. The summed E-state index contributed by atoms with van der Waals surface area (Å²) >= 11 is 0. The number of rotatable bonds is 5. The molecule has 1 saturated heterocycles. The lowest BCUT2D eigenvalue weighted by Gasteiger charge is -2.37. The Morgan fingerprint density at radius 3 is 2.86 bits per heavy atom. The van der Waals surface area contributed by atoms with Gasteiger partial charge in [0.1, 0.15) is 4.90 Å². The standard InChI is InChI=1S/C13H24N4O3S/c1-5-11-8-20-9(2)7-17(11)21(18,19)13-10(3)15-16-12(13)6-14-4/h9,11,14H,5-8H2,1-4H3,(H,15,16). The predicted molar refractivity (Wildman–Crippen MR) is 79.5 cm³/mol. The van der Waals surface area contributed by atoms with Crippen molar-refractivity contribution in [1.82, 2.24) is 19.8 Å². The molecule has 7 nitrogen and oxygen atoms in total. The molecule has 2 N–H and O–H groups in total. The van der Waals surface area contributed by atoms with E-state index in [1.54, 1.807) is 18.3 Å². The Kier molecular flexibility index (Phi) is 5.03. The molecule has 0 spiro atoms. The first kappa shape index (κ1) is 16.4. The van der Waals surface area contributed by atoms with Gasteiger partial charge in [-0.15, -0.1) is 0 Å². The highest BCUT2D eigenvalue weighted by Gasteiger charge is 2.38. The molecular formula is C13H24N4O3S. The molecule has 2 unspecified atom stereocenters. The molecule has 2 rings (SSSR count). The first-order chi connectivity index (χ1) is 9.91. The molecule has 0 bridgehead atoms. The zero-order valence-electron chi connectivity index (χ0n) is 13.0. The van der Waals surface area contributed by atoms with Crippen molar-refractivity contribution in [3.63, 3.8) is 0 Å². The van der Waals surface area contributed by atoms with Gasteiger partial charge in [-0.25, -0.2) is 8.42 Å². The number of nitrogens with zero attached hydrogens (tertiary/aromatic N) is 2. The van der Waals surface area contributed by atoms with Crippen molar-refractivity contribution in [2.75, 3.05) is 20.2 Å². The molecule has 1 fully saturated rings. The van der Waals surface area contributed by atoms with Crippen LogP contribution in [0.2, 0.25) is 0 Å². The third-order valence-electron chi connectivity index (χ3n) is 3.76. The normalized spacial score (nSPS) is 24.4. The van der Waals surface area contributed by atoms with Crippen molar-refractivity contribution in [3.05, 3.63) is 11.4 Å². The van der Waals surface area contributed by atoms with Crippen LogP contribution in [-0.2, 0) is 21.3 Å². The van der Waals surface area contributed by atoms with Gasteiger partial charge in [-0.3, -0.25) is 5.10 Å². The van der Waals surface area contributed by atoms with Gasteiger partial charge in [0.2, 0.25) is 10.0 Å². The fourth-order valence-corrected chi connectivity index (χ4v) is 4.74. The summed E-state index contributed by atoms with van der Waals surface area (Å²) in [6.45, 7) is 6.84. The first-order valence-corrected chi connectivity index (χ1v) is 8.67. The minimum atomic E-state index is -3.58. The maximum atomic E-state index is 13.1. The Hall–Kier alpha value is -0.960. The number of aryl methyl sites for hydroxylation is 1. The minimum Gasteiger partial charge on any atom is -0.375 e. The topological polar surface area (TPSA) is 87.3 Å². The van der Waals surface area contributed by atoms with E-state index in [2.05, 4.69) is 15.5 Å². The second kappa shape index (κ2) is 6.43. The van der Waals surface area contributed by atoms with E-state index < -0.39 is 10.0 Å². The summed E-state index contributed by atoms with van der Waals surface area (Å²) in [7, 11) is -1.81. The number of ether oxygens (including phenoxy) is 1. The fraction of sp³-hybridized carbons (Fsp3) is 0.769. The summed E-state index contributed by atoms with van der Waals surface area (Å²) in [5.74, 6) is 0. The summed E-state index contributed by atoms with van der Waals surface area (Å²) < 4.78 is 33.3. The second-order valence-corrected chi connectivity index (χ2v) is 7.26. The SMILES string of the molecule is CCC1COC(C)CN1S(=O)(=O)c1c(CNC)n[nH]c1C. The molecular weight excluding hydrogens is 292 g/mol. The second-order valence-electron chi connectivity index (χ2n) is 5.44. The third-order valence-corrected chi connectivity index (χ3v) is 5.88.